The number of hydrogen-bond donors (Lipinski definition) is 2. The second-order valence-electron chi connectivity index (χ2n) is 10.5. The normalized spacial score (nSPS) is 22.7. The summed E-state index contributed by atoms with van der Waals surface area (Å²) in [6, 6.07) is 8.29. The number of likely N-dealkylation sites (tertiary alicyclic amines) is 1. The highest BCUT2D eigenvalue weighted by molar-refractivity contribution is 5.95. The third-order valence-electron chi connectivity index (χ3n) is 7.98. The molecule has 4 heterocycles. The van der Waals surface area contributed by atoms with Crippen molar-refractivity contribution in [1.29, 1.82) is 0 Å². The van der Waals surface area contributed by atoms with Crippen LogP contribution in [0.3, 0.4) is 0 Å². The van der Waals surface area contributed by atoms with Gasteiger partial charge in [-0.2, -0.15) is 0 Å². The second-order valence-corrected chi connectivity index (χ2v) is 10.5. The summed E-state index contributed by atoms with van der Waals surface area (Å²) in [5, 5.41) is 5.91. The number of hydrogen-bond acceptors (Lipinski definition) is 6. The Morgan fingerprint density at radius 2 is 1.72 bits per heavy atom. The number of amides is 4. The Hall–Kier alpha value is -3.95. The maximum absolute atomic E-state index is 13.9. The zero-order chi connectivity index (χ0) is 27.4. The van der Waals surface area contributed by atoms with Crippen molar-refractivity contribution in [3.8, 4) is 5.75 Å². The first kappa shape index (κ1) is 26.6. The molecule has 1 aromatic heterocycles. The molecule has 2 atom stereocenters. The molecule has 2 N–H and O–H groups in total. The van der Waals surface area contributed by atoms with Crippen LogP contribution in [0.2, 0.25) is 0 Å². The van der Waals surface area contributed by atoms with Gasteiger partial charge in [0.15, 0.2) is 0 Å². The van der Waals surface area contributed by atoms with Gasteiger partial charge in [-0.1, -0.05) is 6.07 Å². The number of fused-ring (bicyclic) bond motifs is 4. The van der Waals surface area contributed by atoms with Gasteiger partial charge in [0.25, 0.3) is 11.8 Å². The van der Waals surface area contributed by atoms with Crippen LogP contribution in [0, 0.1) is 12.8 Å². The van der Waals surface area contributed by atoms with Gasteiger partial charge in [0.1, 0.15) is 12.4 Å². The van der Waals surface area contributed by atoms with Crippen molar-refractivity contribution in [2.45, 2.75) is 51.1 Å². The summed E-state index contributed by atoms with van der Waals surface area (Å²) in [5.74, 6) is -0.0136. The van der Waals surface area contributed by atoms with Crippen molar-refractivity contribution in [3.63, 3.8) is 0 Å². The Bertz CT molecular complexity index is 1230. The van der Waals surface area contributed by atoms with E-state index in [0.29, 0.717) is 68.7 Å². The molecule has 3 aliphatic rings. The van der Waals surface area contributed by atoms with E-state index in [4.69, 9.17) is 4.74 Å². The van der Waals surface area contributed by atoms with Gasteiger partial charge in [-0.15, -0.1) is 0 Å². The van der Waals surface area contributed by atoms with Gasteiger partial charge >= 0.3 is 0 Å². The van der Waals surface area contributed by atoms with E-state index in [1.165, 1.54) is 0 Å². The first-order chi connectivity index (χ1) is 18.9. The predicted octanol–water partition coefficient (Wildman–Crippen LogP) is 1.93. The zero-order valence-corrected chi connectivity index (χ0v) is 22.2. The maximum atomic E-state index is 13.9. The largest absolute Gasteiger partial charge is 0.491 e. The van der Waals surface area contributed by atoms with Gasteiger partial charge in [0.05, 0.1) is 6.54 Å². The number of aromatic nitrogens is 1. The molecule has 2 saturated heterocycles. The van der Waals surface area contributed by atoms with Crippen LogP contribution in [-0.2, 0) is 9.59 Å². The molecule has 10 heteroatoms. The lowest BCUT2D eigenvalue weighted by Gasteiger charge is -2.37. The van der Waals surface area contributed by atoms with Crippen LogP contribution < -0.4 is 15.4 Å². The van der Waals surface area contributed by atoms with Crippen molar-refractivity contribution >= 4 is 23.6 Å². The lowest BCUT2D eigenvalue weighted by molar-refractivity contribution is -0.140. The molecule has 0 saturated carbocycles. The zero-order valence-electron chi connectivity index (χ0n) is 22.2. The first-order valence-electron chi connectivity index (χ1n) is 13.7. The van der Waals surface area contributed by atoms with Crippen molar-refractivity contribution in [1.82, 2.24) is 25.4 Å². The molecule has 10 nitrogen and oxygen atoms in total. The Morgan fingerprint density at radius 1 is 0.974 bits per heavy atom. The summed E-state index contributed by atoms with van der Waals surface area (Å²) in [7, 11) is 0. The van der Waals surface area contributed by atoms with Gasteiger partial charge in [-0.3, -0.25) is 24.2 Å². The number of benzene rings is 1. The molecule has 206 valence electrons. The SMILES string of the molecule is Cc1ccc2cc1OCCNC(=O)C[C@@H]1CC[C@H](CNC2=O)N1C(=O)C1CCN(C(=O)c2ccncc2)CC1. The van der Waals surface area contributed by atoms with Gasteiger partial charge in [-0.25, -0.2) is 0 Å². The molecule has 3 aliphatic heterocycles. The van der Waals surface area contributed by atoms with Crippen LogP contribution in [0.25, 0.3) is 0 Å². The summed E-state index contributed by atoms with van der Waals surface area (Å²) >= 11 is 0. The standard InChI is InChI=1S/C29H35N5O5/c1-19-2-3-22-16-25(19)39-15-12-31-26(35)17-23-4-5-24(18-32-27(22)36)34(23)29(38)21-8-13-33(14-9-21)28(37)20-6-10-30-11-7-20/h2-3,6-7,10-11,16,21,23-24H,4-5,8-9,12-15,17-18H2,1H3,(H,31,35)(H,32,36)/t23-,24+/m0/s1. The topological polar surface area (TPSA) is 121 Å². The Balaban J connectivity index is 1.29. The summed E-state index contributed by atoms with van der Waals surface area (Å²) in [5.41, 5.74) is 1.99. The molecule has 2 fully saturated rings. The maximum Gasteiger partial charge on any atom is 0.253 e. The minimum atomic E-state index is -0.233. The molecule has 0 aliphatic carbocycles. The minimum absolute atomic E-state index is 0.00540. The summed E-state index contributed by atoms with van der Waals surface area (Å²) < 4.78 is 5.81. The van der Waals surface area contributed by atoms with Crippen LogP contribution in [0.5, 0.6) is 5.75 Å². The highest BCUT2D eigenvalue weighted by Crippen LogP contribution is 2.31. The van der Waals surface area contributed by atoms with E-state index < -0.39 is 0 Å². The molecule has 0 radical (unpaired) electrons. The molecule has 0 unspecified atom stereocenters. The molecule has 0 spiro atoms. The van der Waals surface area contributed by atoms with Gasteiger partial charge in [0.2, 0.25) is 11.8 Å². The monoisotopic (exact) mass is 533 g/mol. The van der Waals surface area contributed by atoms with Crippen LogP contribution in [-0.4, -0.2) is 83.3 Å². The quantitative estimate of drug-likeness (QED) is 0.609. The highest BCUT2D eigenvalue weighted by Gasteiger charge is 2.41. The van der Waals surface area contributed by atoms with E-state index in [0.717, 1.165) is 5.56 Å². The number of nitrogens with one attached hydrogen (secondary N) is 2. The predicted molar refractivity (Wildman–Crippen MR) is 143 cm³/mol. The number of rotatable bonds is 2. The van der Waals surface area contributed by atoms with E-state index in [2.05, 4.69) is 15.6 Å². The van der Waals surface area contributed by atoms with Crippen LogP contribution >= 0.6 is 0 Å². The first-order valence-corrected chi connectivity index (χ1v) is 13.7. The molecule has 39 heavy (non-hydrogen) atoms. The fourth-order valence-electron chi connectivity index (χ4n) is 5.79. The number of aryl methyl sites for hydroxylation is 1. The minimum Gasteiger partial charge on any atom is -0.491 e. The number of ether oxygens (including phenoxy) is 1. The van der Waals surface area contributed by atoms with Crippen LogP contribution in [0.1, 0.15) is 58.4 Å². The fraction of sp³-hybridized carbons (Fsp3) is 0.483. The van der Waals surface area contributed by atoms with E-state index in [9.17, 15) is 19.2 Å². The number of pyridine rings is 1. The van der Waals surface area contributed by atoms with Crippen molar-refractivity contribution in [3.05, 3.63) is 59.4 Å². The van der Waals surface area contributed by atoms with E-state index >= 15 is 0 Å². The summed E-state index contributed by atoms with van der Waals surface area (Å²) in [4.78, 5) is 60.1. The van der Waals surface area contributed by atoms with Gasteiger partial charge < -0.3 is 25.2 Å². The number of piperidine rings is 1. The van der Waals surface area contributed by atoms with Crippen molar-refractivity contribution in [2.24, 2.45) is 5.92 Å². The van der Waals surface area contributed by atoms with Gasteiger partial charge in [0, 0.05) is 67.6 Å². The lowest BCUT2D eigenvalue weighted by atomic mass is 9.94. The molecule has 1 aromatic carbocycles. The number of nitrogens with zero attached hydrogens (tertiary/aromatic N) is 3. The Morgan fingerprint density at radius 3 is 2.49 bits per heavy atom. The highest BCUT2D eigenvalue weighted by atomic mass is 16.5. The molecule has 4 amide bonds. The molecular weight excluding hydrogens is 498 g/mol. The second kappa shape index (κ2) is 11.8. The third-order valence-corrected chi connectivity index (χ3v) is 7.98. The van der Waals surface area contributed by atoms with Gasteiger partial charge in [-0.05, 0) is 62.4 Å². The fourth-order valence-corrected chi connectivity index (χ4v) is 5.79. The van der Waals surface area contributed by atoms with E-state index in [1.54, 1.807) is 41.6 Å². The lowest BCUT2D eigenvalue weighted by Crippen LogP contribution is -2.51. The smallest absolute Gasteiger partial charge is 0.253 e. The molecule has 2 aromatic rings. The summed E-state index contributed by atoms with van der Waals surface area (Å²) in [6.07, 6.45) is 5.95. The summed E-state index contributed by atoms with van der Waals surface area (Å²) in [6.45, 7) is 3.83. The van der Waals surface area contributed by atoms with E-state index in [-0.39, 0.29) is 54.7 Å². The van der Waals surface area contributed by atoms with Crippen LogP contribution in [0.15, 0.2) is 42.7 Å². The Labute approximate surface area is 228 Å². The van der Waals surface area contributed by atoms with E-state index in [1.807, 2.05) is 17.9 Å². The van der Waals surface area contributed by atoms with Crippen molar-refractivity contribution in [2.75, 3.05) is 32.8 Å². The average molecular weight is 534 g/mol. The third kappa shape index (κ3) is 6.05. The average Bonchev–Trinajstić information content (AvgIpc) is 3.36. The molecular formula is C29H35N5O5. The molecule has 4 bridgehead atoms. The number of carbonyl (C=O) groups excluding carboxylic acids is 4. The van der Waals surface area contributed by atoms with Crippen LogP contribution in [0.4, 0.5) is 0 Å². The molecule has 5 rings (SSSR count). The number of carbonyl (C=O) groups is 4. The Kier molecular flexibility index (Phi) is 8.09. The van der Waals surface area contributed by atoms with Crippen molar-refractivity contribution < 1.29 is 23.9 Å².